The van der Waals surface area contributed by atoms with E-state index in [1.165, 1.54) is 13.6 Å². The third-order valence-electron chi connectivity index (χ3n) is 6.55. The Hall–Kier alpha value is -3.68. The average Bonchev–Trinajstić information content (AvgIpc) is 3.43. The van der Waals surface area contributed by atoms with Gasteiger partial charge in [0.25, 0.3) is 5.56 Å². The van der Waals surface area contributed by atoms with Gasteiger partial charge in [-0.3, -0.25) is 14.2 Å². The Balaban J connectivity index is 1.56. The van der Waals surface area contributed by atoms with Crippen LogP contribution in [-0.2, 0) is 17.9 Å². The first-order valence-electron chi connectivity index (χ1n) is 11.5. The summed E-state index contributed by atoms with van der Waals surface area (Å²) in [4.78, 5) is 39.2. The number of hydrogen-bond acceptors (Lipinski definition) is 4. The number of benzene rings is 2. The number of aromatic nitrogens is 4. The van der Waals surface area contributed by atoms with Crippen LogP contribution in [0.25, 0.3) is 16.7 Å². The van der Waals surface area contributed by atoms with Crippen LogP contribution < -0.4 is 16.6 Å². The largest absolute Gasteiger partial charge is 0.353 e. The second-order valence-corrected chi connectivity index (χ2v) is 8.77. The van der Waals surface area contributed by atoms with Gasteiger partial charge in [0.2, 0.25) is 11.7 Å². The quantitative estimate of drug-likeness (QED) is 0.494. The Morgan fingerprint density at radius 2 is 1.79 bits per heavy atom. The molecule has 1 amide bonds. The highest BCUT2D eigenvalue weighted by Gasteiger charge is 2.20. The smallest absolute Gasteiger partial charge is 0.352 e. The van der Waals surface area contributed by atoms with Crippen LogP contribution in [-0.4, -0.2) is 30.7 Å². The van der Waals surface area contributed by atoms with Crippen molar-refractivity contribution in [3.05, 3.63) is 80.5 Å². The zero-order valence-corrected chi connectivity index (χ0v) is 18.7. The molecule has 0 bridgehead atoms. The number of fused-ring (bicyclic) bond motifs is 3. The zero-order chi connectivity index (χ0) is 22.9. The molecule has 1 N–H and O–H groups in total. The molecule has 5 rings (SSSR count). The van der Waals surface area contributed by atoms with Crippen molar-refractivity contribution < 1.29 is 4.79 Å². The molecule has 0 saturated heterocycles. The van der Waals surface area contributed by atoms with Gasteiger partial charge in [0, 0.05) is 19.0 Å². The SMILES string of the molecule is Cc1ccccc1Cn1nc2n(CCC(=O)NC3CCCC3)c(=O)c3ccccc3n2c1=O. The molecular formula is C25H27N5O3. The molecule has 8 nitrogen and oxygen atoms in total. The van der Waals surface area contributed by atoms with Crippen molar-refractivity contribution in [2.45, 2.75) is 58.2 Å². The molecule has 2 aromatic carbocycles. The predicted molar refractivity (Wildman–Crippen MR) is 127 cm³/mol. The van der Waals surface area contributed by atoms with Crippen molar-refractivity contribution in [2.75, 3.05) is 0 Å². The van der Waals surface area contributed by atoms with Gasteiger partial charge >= 0.3 is 5.69 Å². The van der Waals surface area contributed by atoms with E-state index in [0.717, 1.165) is 36.8 Å². The summed E-state index contributed by atoms with van der Waals surface area (Å²) in [5.74, 6) is 0.174. The minimum absolute atomic E-state index is 0.0817. The third-order valence-corrected chi connectivity index (χ3v) is 6.55. The molecule has 1 aliphatic carbocycles. The van der Waals surface area contributed by atoms with Crippen molar-refractivity contribution in [1.82, 2.24) is 24.1 Å². The first-order chi connectivity index (χ1) is 16.0. The number of amides is 1. The van der Waals surface area contributed by atoms with Crippen LogP contribution in [0, 0.1) is 6.92 Å². The van der Waals surface area contributed by atoms with Crippen LogP contribution >= 0.6 is 0 Å². The second kappa shape index (κ2) is 8.69. The van der Waals surface area contributed by atoms with Gasteiger partial charge in [-0.1, -0.05) is 49.2 Å². The molecule has 1 fully saturated rings. The van der Waals surface area contributed by atoms with Gasteiger partial charge in [-0.15, -0.1) is 5.10 Å². The molecule has 2 heterocycles. The van der Waals surface area contributed by atoms with Crippen molar-refractivity contribution >= 4 is 22.6 Å². The summed E-state index contributed by atoms with van der Waals surface area (Å²) >= 11 is 0. The van der Waals surface area contributed by atoms with E-state index in [9.17, 15) is 14.4 Å². The standard InChI is InChI=1S/C25H27N5O3/c1-17-8-2-3-9-18(17)16-29-25(33)30-21-13-7-6-12-20(21)23(32)28(24(30)27-29)15-14-22(31)26-19-10-4-5-11-19/h2-3,6-9,12-13,19H,4-5,10-11,14-16H2,1H3,(H,26,31). The number of nitrogens with zero attached hydrogens (tertiary/aromatic N) is 4. The van der Waals surface area contributed by atoms with Gasteiger partial charge in [-0.2, -0.15) is 0 Å². The molecule has 2 aromatic heterocycles. The lowest BCUT2D eigenvalue weighted by atomic mass is 10.1. The lowest BCUT2D eigenvalue weighted by Crippen LogP contribution is -2.34. The molecule has 0 radical (unpaired) electrons. The molecule has 0 spiro atoms. The molecular weight excluding hydrogens is 418 g/mol. The summed E-state index contributed by atoms with van der Waals surface area (Å²) in [6.07, 6.45) is 4.44. The van der Waals surface area contributed by atoms with E-state index in [2.05, 4.69) is 10.4 Å². The van der Waals surface area contributed by atoms with E-state index in [-0.39, 0.29) is 41.9 Å². The van der Waals surface area contributed by atoms with E-state index in [1.807, 2.05) is 31.2 Å². The van der Waals surface area contributed by atoms with Crippen LogP contribution in [0.2, 0.25) is 0 Å². The minimum Gasteiger partial charge on any atom is -0.353 e. The van der Waals surface area contributed by atoms with Crippen molar-refractivity contribution in [1.29, 1.82) is 0 Å². The summed E-state index contributed by atoms with van der Waals surface area (Å²) in [7, 11) is 0. The molecule has 33 heavy (non-hydrogen) atoms. The van der Waals surface area contributed by atoms with Gasteiger partial charge in [-0.05, 0) is 43.0 Å². The highest BCUT2D eigenvalue weighted by molar-refractivity contribution is 5.80. The molecule has 0 unspecified atom stereocenters. The van der Waals surface area contributed by atoms with Gasteiger partial charge in [-0.25, -0.2) is 13.9 Å². The number of carbonyl (C=O) groups is 1. The highest BCUT2D eigenvalue weighted by Crippen LogP contribution is 2.18. The number of rotatable bonds is 6. The van der Waals surface area contributed by atoms with Crippen LogP contribution in [0.15, 0.2) is 58.1 Å². The van der Waals surface area contributed by atoms with Gasteiger partial charge in [0.15, 0.2) is 0 Å². The van der Waals surface area contributed by atoms with Gasteiger partial charge in [0.1, 0.15) is 0 Å². The van der Waals surface area contributed by atoms with Crippen molar-refractivity contribution in [3.63, 3.8) is 0 Å². The maximum Gasteiger partial charge on any atom is 0.352 e. The van der Waals surface area contributed by atoms with E-state index >= 15 is 0 Å². The monoisotopic (exact) mass is 445 g/mol. The van der Waals surface area contributed by atoms with Crippen LogP contribution in [0.5, 0.6) is 0 Å². The molecule has 1 aliphatic rings. The summed E-state index contributed by atoms with van der Waals surface area (Å²) in [6, 6.07) is 15.1. The number of carbonyl (C=O) groups excluding carboxylic acids is 1. The predicted octanol–water partition coefficient (Wildman–Crippen LogP) is 2.62. The Bertz CT molecular complexity index is 1460. The molecule has 1 saturated carbocycles. The first kappa shape index (κ1) is 21.2. The zero-order valence-electron chi connectivity index (χ0n) is 18.7. The Morgan fingerprint density at radius 1 is 1.06 bits per heavy atom. The summed E-state index contributed by atoms with van der Waals surface area (Å²) < 4.78 is 4.31. The topological polar surface area (TPSA) is 90.4 Å². The minimum atomic E-state index is -0.311. The summed E-state index contributed by atoms with van der Waals surface area (Å²) in [5.41, 5.74) is 2.00. The average molecular weight is 446 g/mol. The van der Waals surface area contributed by atoms with E-state index in [0.29, 0.717) is 17.4 Å². The van der Waals surface area contributed by atoms with Crippen LogP contribution in [0.3, 0.4) is 0 Å². The number of nitrogens with one attached hydrogen (secondary N) is 1. The van der Waals surface area contributed by atoms with Gasteiger partial charge < -0.3 is 5.32 Å². The van der Waals surface area contributed by atoms with Crippen molar-refractivity contribution in [2.24, 2.45) is 0 Å². The fourth-order valence-electron chi connectivity index (χ4n) is 4.70. The molecule has 0 aliphatic heterocycles. The summed E-state index contributed by atoms with van der Waals surface area (Å²) in [5, 5.41) is 8.03. The van der Waals surface area contributed by atoms with Crippen LogP contribution in [0.1, 0.15) is 43.2 Å². The maximum atomic E-state index is 13.4. The normalized spacial score (nSPS) is 14.3. The molecule has 170 valence electrons. The fourth-order valence-corrected chi connectivity index (χ4v) is 4.70. The fraction of sp³-hybridized carbons (Fsp3) is 0.360. The second-order valence-electron chi connectivity index (χ2n) is 8.77. The summed E-state index contributed by atoms with van der Waals surface area (Å²) in [6.45, 7) is 2.45. The highest BCUT2D eigenvalue weighted by atomic mass is 16.2. The Labute approximate surface area is 190 Å². The van der Waals surface area contributed by atoms with E-state index in [1.54, 1.807) is 24.3 Å². The lowest BCUT2D eigenvalue weighted by Gasteiger charge is -2.13. The maximum absolute atomic E-state index is 13.4. The number of para-hydroxylation sites is 1. The lowest BCUT2D eigenvalue weighted by molar-refractivity contribution is -0.121. The first-order valence-corrected chi connectivity index (χ1v) is 11.5. The molecule has 0 atom stereocenters. The van der Waals surface area contributed by atoms with Crippen molar-refractivity contribution in [3.8, 4) is 0 Å². The van der Waals surface area contributed by atoms with Gasteiger partial charge in [0.05, 0.1) is 17.4 Å². The Kier molecular flexibility index (Phi) is 5.58. The molecule has 8 heteroatoms. The van der Waals surface area contributed by atoms with E-state index < -0.39 is 0 Å². The number of aryl methyl sites for hydroxylation is 2. The van der Waals surface area contributed by atoms with Crippen LogP contribution in [0.4, 0.5) is 0 Å². The Morgan fingerprint density at radius 3 is 2.58 bits per heavy atom. The molecule has 4 aromatic rings. The number of hydrogen-bond donors (Lipinski definition) is 1. The van der Waals surface area contributed by atoms with E-state index in [4.69, 9.17) is 0 Å². The third kappa shape index (κ3) is 3.97.